The van der Waals surface area contributed by atoms with Crippen molar-refractivity contribution in [2.45, 2.75) is 18.9 Å². The van der Waals surface area contributed by atoms with E-state index in [0.717, 1.165) is 11.8 Å². The molecule has 1 aromatic heterocycles. The maximum absolute atomic E-state index is 2.61. The van der Waals surface area contributed by atoms with Crippen LogP contribution in [0.15, 0.2) is 60.7 Å². The summed E-state index contributed by atoms with van der Waals surface area (Å²) in [5, 5.41) is 2.80. The largest absolute Gasteiger partial charge is 0.337 e. The zero-order valence-electron chi connectivity index (χ0n) is 11.4. The van der Waals surface area contributed by atoms with Crippen molar-refractivity contribution in [1.29, 1.82) is 0 Å². The van der Waals surface area contributed by atoms with Crippen LogP contribution in [0.2, 0.25) is 0 Å². The Hall–Kier alpha value is -2.02. The van der Waals surface area contributed by atoms with Crippen LogP contribution in [0.5, 0.6) is 0 Å². The molecule has 2 bridgehead atoms. The number of aromatic nitrogens is 1. The SMILES string of the molecule is C1=C[C@@H]2C[C@H]1C[C@@H]2n1c2ccccc2c2ccccc21. The second-order valence-electron chi connectivity index (χ2n) is 6.25. The van der Waals surface area contributed by atoms with E-state index in [9.17, 15) is 0 Å². The topological polar surface area (TPSA) is 4.93 Å². The third-order valence-corrected chi connectivity index (χ3v) is 5.19. The molecule has 0 aliphatic heterocycles. The highest BCUT2D eigenvalue weighted by Gasteiger charge is 2.37. The lowest BCUT2D eigenvalue weighted by Gasteiger charge is -2.22. The van der Waals surface area contributed by atoms with Gasteiger partial charge in [-0.25, -0.2) is 0 Å². The molecule has 0 N–H and O–H groups in total. The summed E-state index contributed by atoms with van der Waals surface area (Å²) in [5.41, 5.74) is 2.80. The second-order valence-corrected chi connectivity index (χ2v) is 6.25. The molecule has 98 valence electrons. The molecular weight excluding hydrogens is 242 g/mol. The van der Waals surface area contributed by atoms with Crippen LogP contribution in [0.25, 0.3) is 21.8 Å². The van der Waals surface area contributed by atoms with Crippen molar-refractivity contribution in [3.8, 4) is 0 Å². The third-order valence-electron chi connectivity index (χ3n) is 5.19. The van der Waals surface area contributed by atoms with Gasteiger partial charge in [0, 0.05) is 27.8 Å². The van der Waals surface area contributed by atoms with Gasteiger partial charge < -0.3 is 4.57 Å². The summed E-state index contributed by atoms with van der Waals surface area (Å²) in [7, 11) is 0. The fraction of sp³-hybridized carbons (Fsp3) is 0.263. The van der Waals surface area contributed by atoms with E-state index < -0.39 is 0 Å². The highest BCUT2D eigenvalue weighted by atomic mass is 15.0. The molecule has 3 atom stereocenters. The predicted molar refractivity (Wildman–Crippen MR) is 83.8 cm³/mol. The Balaban J connectivity index is 1.87. The van der Waals surface area contributed by atoms with Crippen molar-refractivity contribution >= 4 is 21.8 Å². The first-order chi connectivity index (χ1) is 9.92. The van der Waals surface area contributed by atoms with Crippen molar-refractivity contribution in [3.05, 3.63) is 60.7 Å². The average molecular weight is 259 g/mol. The Morgan fingerprint density at radius 2 is 1.40 bits per heavy atom. The van der Waals surface area contributed by atoms with Gasteiger partial charge in [-0.05, 0) is 36.8 Å². The maximum atomic E-state index is 2.61. The number of hydrogen-bond acceptors (Lipinski definition) is 0. The molecule has 3 aromatic rings. The van der Waals surface area contributed by atoms with Gasteiger partial charge in [0.05, 0.1) is 0 Å². The molecular formula is C19H17N. The summed E-state index contributed by atoms with van der Waals surface area (Å²) in [6, 6.07) is 18.4. The minimum atomic E-state index is 0.648. The molecule has 0 saturated heterocycles. The molecule has 5 rings (SSSR count). The first kappa shape index (κ1) is 10.7. The molecule has 2 aliphatic carbocycles. The summed E-state index contributed by atoms with van der Waals surface area (Å²) >= 11 is 0. The molecule has 1 heteroatoms. The van der Waals surface area contributed by atoms with Gasteiger partial charge in [-0.1, -0.05) is 48.6 Å². The molecule has 0 radical (unpaired) electrons. The van der Waals surface area contributed by atoms with Gasteiger partial charge >= 0.3 is 0 Å². The first-order valence-corrected chi connectivity index (χ1v) is 7.58. The summed E-state index contributed by atoms with van der Waals surface area (Å²) in [5.74, 6) is 1.55. The second kappa shape index (κ2) is 3.76. The smallest absolute Gasteiger partial charge is 0.0494 e. The monoisotopic (exact) mass is 259 g/mol. The number of hydrogen-bond donors (Lipinski definition) is 0. The number of benzene rings is 2. The Morgan fingerprint density at radius 3 is 1.95 bits per heavy atom. The summed E-state index contributed by atoms with van der Waals surface area (Å²) in [6.07, 6.45) is 7.53. The number of allylic oxidation sites excluding steroid dienone is 2. The molecule has 2 aromatic carbocycles. The van der Waals surface area contributed by atoms with Gasteiger partial charge in [0.1, 0.15) is 0 Å². The van der Waals surface area contributed by atoms with Gasteiger partial charge in [-0.3, -0.25) is 0 Å². The average Bonchev–Trinajstić information content (AvgIpc) is 3.19. The minimum Gasteiger partial charge on any atom is -0.337 e. The zero-order chi connectivity index (χ0) is 13.1. The Bertz CT molecular complexity index is 786. The molecule has 1 heterocycles. The highest BCUT2D eigenvalue weighted by Crippen LogP contribution is 2.48. The van der Waals surface area contributed by atoms with Crippen molar-refractivity contribution in [2.75, 3.05) is 0 Å². The van der Waals surface area contributed by atoms with E-state index >= 15 is 0 Å². The number of rotatable bonds is 1. The molecule has 0 spiro atoms. The fourth-order valence-corrected chi connectivity index (χ4v) is 4.36. The number of nitrogens with zero attached hydrogens (tertiary/aromatic N) is 1. The predicted octanol–water partition coefficient (Wildman–Crippen LogP) is 4.93. The maximum Gasteiger partial charge on any atom is 0.0494 e. The van der Waals surface area contributed by atoms with Crippen LogP contribution >= 0.6 is 0 Å². The van der Waals surface area contributed by atoms with Gasteiger partial charge in [-0.2, -0.15) is 0 Å². The van der Waals surface area contributed by atoms with E-state index in [1.165, 1.54) is 34.6 Å². The van der Waals surface area contributed by atoms with Crippen molar-refractivity contribution in [2.24, 2.45) is 11.8 Å². The molecule has 1 nitrogen and oxygen atoms in total. The van der Waals surface area contributed by atoms with Crippen LogP contribution < -0.4 is 0 Å². The van der Waals surface area contributed by atoms with Crippen LogP contribution in [-0.4, -0.2) is 4.57 Å². The minimum absolute atomic E-state index is 0.648. The van der Waals surface area contributed by atoms with Crippen molar-refractivity contribution in [1.82, 2.24) is 4.57 Å². The summed E-state index contributed by atoms with van der Waals surface area (Å²) in [4.78, 5) is 0. The number of para-hydroxylation sites is 2. The summed E-state index contributed by atoms with van der Waals surface area (Å²) in [6.45, 7) is 0. The van der Waals surface area contributed by atoms with Crippen molar-refractivity contribution < 1.29 is 0 Å². The Labute approximate surface area is 118 Å². The Kier molecular flexibility index (Phi) is 2.01. The summed E-state index contributed by atoms with van der Waals surface area (Å²) < 4.78 is 2.61. The van der Waals surface area contributed by atoms with E-state index in [-0.39, 0.29) is 0 Å². The van der Waals surface area contributed by atoms with E-state index in [1.807, 2.05) is 0 Å². The van der Waals surface area contributed by atoms with Crippen LogP contribution in [0.4, 0.5) is 0 Å². The quantitative estimate of drug-likeness (QED) is 0.546. The number of fused-ring (bicyclic) bond motifs is 5. The van der Waals surface area contributed by atoms with E-state index in [2.05, 4.69) is 65.3 Å². The highest BCUT2D eigenvalue weighted by molar-refractivity contribution is 6.08. The van der Waals surface area contributed by atoms with Gasteiger partial charge in [0.2, 0.25) is 0 Å². The molecule has 0 amide bonds. The molecule has 0 unspecified atom stereocenters. The lowest BCUT2D eigenvalue weighted by Crippen LogP contribution is -2.13. The lowest BCUT2D eigenvalue weighted by atomic mass is 10.0. The molecule has 20 heavy (non-hydrogen) atoms. The van der Waals surface area contributed by atoms with Gasteiger partial charge in [-0.15, -0.1) is 0 Å². The molecule has 1 fully saturated rings. The Morgan fingerprint density at radius 1 is 0.750 bits per heavy atom. The van der Waals surface area contributed by atoms with Crippen molar-refractivity contribution in [3.63, 3.8) is 0 Å². The van der Waals surface area contributed by atoms with Crippen LogP contribution in [0, 0.1) is 11.8 Å². The van der Waals surface area contributed by atoms with E-state index in [1.54, 1.807) is 0 Å². The van der Waals surface area contributed by atoms with Gasteiger partial charge in [0.25, 0.3) is 0 Å². The molecule has 1 saturated carbocycles. The fourth-order valence-electron chi connectivity index (χ4n) is 4.36. The third kappa shape index (κ3) is 1.28. The van der Waals surface area contributed by atoms with Gasteiger partial charge in [0.15, 0.2) is 0 Å². The van der Waals surface area contributed by atoms with E-state index in [0.29, 0.717) is 6.04 Å². The zero-order valence-corrected chi connectivity index (χ0v) is 11.4. The van der Waals surface area contributed by atoms with Crippen LogP contribution in [0.3, 0.4) is 0 Å². The molecule has 2 aliphatic rings. The standard InChI is InChI=1S/C19H17N/c1-3-7-17-15(5-1)16-6-2-4-8-18(16)20(17)19-12-13-9-10-14(19)11-13/h1-10,13-14,19H,11-12H2/t13-,14+,19-/m0/s1. The van der Waals surface area contributed by atoms with Crippen LogP contribution in [-0.2, 0) is 0 Å². The lowest BCUT2D eigenvalue weighted by molar-refractivity contribution is 0.455. The normalized spacial score (nSPS) is 27.9. The van der Waals surface area contributed by atoms with Crippen LogP contribution in [0.1, 0.15) is 18.9 Å². The first-order valence-electron chi connectivity index (χ1n) is 7.58. The van der Waals surface area contributed by atoms with E-state index in [4.69, 9.17) is 0 Å².